The van der Waals surface area contributed by atoms with E-state index in [9.17, 15) is 14.4 Å². The number of hydrogen-bond acceptors (Lipinski definition) is 6. The Hall–Kier alpha value is -5.49. The Labute approximate surface area is 427 Å². The summed E-state index contributed by atoms with van der Waals surface area (Å²) >= 11 is 0. The van der Waals surface area contributed by atoms with Crippen molar-refractivity contribution in [2.45, 2.75) is 187 Å². The quantitative estimate of drug-likeness (QED) is 0.0199. The average Bonchev–Trinajstić information content (AvgIpc) is 3.36. The predicted molar refractivity (Wildman–Crippen MR) is 301 cm³/mol. The molecule has 6 heteroatoms. The van der Waals surface area contributed by atoms with E-state index in [2.05, 4.69) is 142 Å². The van der Waals surface area contributed by atoms with Gasteiger partial charge in [0.1, 0.15) is 13.2 Å². The number of carbonyl (C=O) groups is 3. The Morgan fingerprint density at radius 3 is 0.943 bits per heavy atom. The molecule has 0 saturated carbocycles. The van der Waals surface area contributed by atoms with Gasteiger partial charge in [0.15, 0.2) is 6.10 Å². The van der Waals surface area contributed by atoms with Crippen LogP contribution in [0.5, 0.6) is 0 Å². The van der Waals surface area contributed by atoms with Gasteiger partial charge in [-0.25, -0.2) is 0 Å². The van der Waals surface area contributed by atoms with Crippen molar-refractivity contribution >= 4 is 17.9 Å². The van der Waals surface area contributed by atoms with Gasteiger partial charge >= 0.3 is 17.9 Å². The lowest BCUT2D eigenvalue weighted by atomic mass is 10.1. The molecule has 0 aliphatic heterocycles. The van der Waals surface area contributed by atoms with Crippen LogP contribution in [0.4, 0.5) is 0 Å². The van der Waals surface area contributed by atoms with E-state index in [0.717, 1.165) is 135 Å². The van der Waals surface area contributed by atoms with E-state index in [4.69, 9.17) is 14.2 Å². The fraction of sp³-hybridized carbons (Fsp3) is 0.484. The highest BCUT2D eigenvalue weighted by atomic mass is 16.6. The molecular weight excluding hydrogens is 865 g/mol. The molecule has 0 aliphatic carbocycles. The number of unbranched alkanes of at least 4 members (excludes halogenated alkanes) is 9. The summed E-state index contributed by atoms with van der Waals surface area (Å²) in [7, 11) is 0. The number of rotatable bonds is 45. The highest BCUT2D eigenvalue weighted by Gasteiger charge is 2.19. The third-order valence-electron chi connectivity index (χ3n) is 10.3. The first-order chi connectivity index (χ1) is 34.5. The van der Waals surface area contributed by atoms with E-state index < -0.39 is 6.10 Å². The van der Waals surface area contributed by atoms with Gasteiger partial charge in [0.05, 0.1) is 0 Å². The van der Waals surface area contributed by atoms with Crippen LogP contribution in [-0.2, 0) is 28.6 Å². The van der Waals surface area contributed by atoms with Crippen molar-refractivity contribution in [3.63, 3.8) is 0 Å². The normalized spacial score (nSPS) is 13.6. The topological polar surface area (TPSA) is 78.9 Å². The molecule has 0 fully saturated rings. The van der Waals surface area contributed by atoms with Gasteiger partial charge in [-0.3, -0.25) is 14.4 Å². The first kappa shape index (κ1) is 64.5. The van der Waals surface area contributed by atoms with Crippen molar-refractivity contribution in [2.24, 2.45) is 0 Å². The highest BCUT2D eigenvalue weighted by Crippen LogP contribution is 2.11. The fourth-order valence-electron chi connectivity index (χ4n) is 6.37. The molecule has 0 aliphatic rings. The summed E-state index contributed by atoms with van der Waals surface area (Å²) in [4.78, 5) is 38.1. The molecule has 1 atom stereocenters. The molecule has 386 valence electrons. The largest absolute Gasteiger partial charge is 0.462 e. The van der Waals surface area contributed by atoms with Crippen LogP contribution in [0.3, 0.4) is 0 Å². The summed E-state index contributed by atoms with van der Waals surface area (Å²) in [6, 6.07) is 0. The van der Waals surface area contributed by atoms with Crippen LogP contribution in [0.15, 0.2) is 182 Å². The zero-order chi connectivity index (χ0) is 50.7. The Bertz CT molecular complexity index is 1720. The second-order valence-corrected chi connectivity index (χ2v) is 16.8. The van der Waals surface area contributed by atoms with Crippen LogP contribution in [0.2, 0.25) is 0 Å². The van der Waals surface area contributed by atoms with E-state index in [-0.39, 0.29) is 37.5 Å². The number of carbonyl (C=O) groups excluding carboxylic acids is 3. The SMILES string of the molecule is CC\C=C/C=C\C=C/C=C\C=C\C=C/CCCCCC(=O)OC(COC(=O)CCCCC/C=C\C/C=C\C/C=C\C/C=C\CC)COC(=O)CCCCC/C=C\C/C=C\C/C=C\C/C=C\C/C=C\CC. The van der Waals surface area contributed by atoms with Gasteiger partial charge in [-0.1, -0.05) is 222 Å². The first-order valence-electron chi connectivity index (χ1n) is 26.9. The lowest BCUT2D eigenvalue weighted by molar-refractivity contribution is -0.167. The summed E-state index contributed by atoms with van der Waals surface area (Å²) in [5.74, 6) is -1.06. The molecule has 0 heterocycles. The zero-order valence-electron chi connectivity index (χ0n) is 43.9. The first-order valence-corrected chi connectivity index (χ1v) is 26.9. The van der Waals surface area contributed by atoms with Gasteiger partial charge in [0.2, 0.25) is 0 Å². The minimum atomic E-state index is -0.840. The Kier molecular flexibility index (Phi) is 51.7. The Morgan fingerprint density at radius 1 is 0.300 bits per heavy atom. The van der Waals surface area contributed by atoms with Crippen LogP contribution in [-0.4, -0.2) is 37.2 Å². The molecule has 0 radical (unpaired) electrons. The minimum absolute atomic E-state index is 0.134. The van der Waals surface area contributed by atoms with Crippen LogP contribution in [0, 0.1) is 0 Å². The summed E-state index contributed by atoms with van der Waals surface area (Å²) < 4.78 is 16.7. The molecular formula is C64H94O6. The molecule has 0 rings (SSSR count). The molecule has 0 aromatic heterocycles. The summed E-state index contributed by atoms with van der Waals surface area (Å²) in [6.45, 7) is 6.14. The second kappa shape index (κ2) is 56.1. The van der Waals surface area contributed by atoms with E-state index in [1.165, 1.54) is 0 Å². The van der Waals surface area contributed by atoms with E-state index in [1.54, 1.807) is 0 Å². The van der Waals surface area contributed by atoms with Crippen LogP contribution < -0.4 is 0 Å². The third kappa shape index (κ3) is 53.5. The molecule has 70 heavy (non-hydrogen) atoms. The monoisotopic (exact) mass is 959 g/mol. The second-order valence-electron chi connectivity index (χ2n) is 16.8. The van der Waals surface area contributed by atoms with E-state index in [0.29, 0.717) is 19.3 Å². The number of esters is 3. The standard InChI is InChI=1S/C64H94O6/c1-4-7-10-13-16-19-22-25-28-31-32-34-36-39-42-45-48-51-54-57-63(66)69-60-61(59-68-62(65)56-53-50-47-44-41-38-35-30-27-24-21-18-15-12-9-6-3)70-64(67)58-55-52-49-46-43-40-37-33-29-26-23-20-17-14-11-8-5-2/h7-12,14,16-21,23,25-30,32-34,37-43,61H,4-6,13,15,22,24,31,35-36,44-60H2,1-3H3/b10-7-,11-8-,12-9-,17-14-,19-16-,21-18-,23-20-,28-25-,29-26-,30-27-,34-32-,37-33+,41-38-,42-39-,43-40-. The number of ether oxygens (including phenoxy) is 3. The molecule has 0 amide bonds. The number of hydrogen-bond donors (Lipinski definition) is 0. The molecule has 0 saturated heterocycles. The fourth-order valence-corrected chi connectivity index (χ4v) is 6.37. The maximum atomic E-state index is 12.8. The van der Waals surface area contributed by atoms with Gasteiger partial charge in [-0.05, 0) is 122 Å². The van der Waals surface area contributed by atoms with Gasteiger partial charge in [0, 0.05) is 19.3 Å². The molecule has 0 bridgehead atoms. The maximum Gasteiger partial charge on any atom is 0.306 e. The van der Waals surface area contributed by atoms with E-state index in [1.807, 2.05) is 60.8 Å². The molecule has 0 aromatic carbocycles. The summed E-state index contributed by atoms with van der Waals surface area (Å²) in [5.41, 5.74) is 0. The van der Waals surface area contributed by atoms with Gasteiger partial charge in [-0.15, -0.1) is 0 Å². The lowest BCUT2D eigenvalue weighted by Gasteiger charge is -2.18. The highest BCUT2D eigenvalue weighted by molar-refractivity contribution is 5.71. The van der Waals surface area contributed by atoms with Crippen molar-refractivity contribution in [3.8, 4) is 0 Å². The lowest BCUT2D eigenvalue weighted by Crippen LogP contribution is -2.30. The Morgan fingerprint density at radius 2 is 0.586 bits per heavy atom. The predicted octanol–water partition coefficient (Wildman–Crippen LogP) is 18.1. The minimum Gasteiger partial charge on any atom is -0.462 e. The molecule has 1 unspecified atom stereocenters. The summed E-state index contributed by atoms with van der Waals surface area (Å²) in [6.07, 6.45) is 84.4. The molecule has 0 aromatic rings. The molecule has 0 N–H and O–H groups in total. The molecule has 0 spiro atoms. The van der Waals surface area contributed by atoms with Crippen molar-refractivity contribution in [1.29, 1.82) is 0 Å². The van der Waals surface area contributed by atoms with Crippen molar-refractivity contribution in [1.82, 2.24) is 0 Å². The third-order valence-corrected chi connectivity index (χ3v) is 10.3. The van der Waals surface area contributed by atoms with Gasteiger partial charge in [0.25, 0.3) is 0 Å². The van der Waals surface area contributed by atoms with Crippen LogP contribution in [0.25, 0.3) is 0 Å². The van der Waals surface area contributed by atoms with Crippen molar-refractivity contribution in [3.05, 3.63) is 182 Å². The Balaban J connectivity index is 4.65. The zero-order valence-corrected chi connectivity index (χ0v) is 43.9. The van der Waals surface area contributed by atoms with Crippen LogP contribution >= 0.6 is 0 Å². The van der Waals surface area contributed by atoms with Crippen LogP contribution in [0.1, 0.15) is 181 Å². The molecule has 6 nitrogen and oxygen atoms in total. The average molecular weight is 959 g/mol. The van der Waals surface area contributed by atoms with E-state index >= 15 is 0 Å². The smallest absolute Gasteiger partial charge is 0.306 e. The maximum absolute atomic E-state index is 12.8. The van der Waals surface area contributed by atoms with Gasteiger partial charge in [-0.2, -0.15) is 0 Å². The van der Waals surface area contributed by atoms with Crippen molar-refractivity contribution in [2.75, 3.05) is 13.2 Å². The van der Waals surface area contributed by atoms with Crippen molar-refractivity contribution < 1.29 is 28.6 Å². The number of allylic oxidation sites excluding steroid dienone is 30. The van der Waals surface area contributed by atoms with Gasteiger partial charge < -0.3 is 14.2 Å². The summed E-state index contributed by atoms with van der Waals surface area (Å²) in [5, 5.41) is 0.